The van der Waals surface area contributed by atoms with Crippen molar-refractivity contribution in [3.05, 3.63) is 70.7 Å². The first-order chi connectivity index (χ1) is 12.3. The predicted octanol–water partition coefficient (Wildman–Crippen LogP) is 4.29. The molecule has 0 atom stereocenters. The fourth-order valence-corrected chi connectivity index (χ4v) is 3.79. The van der Waals surface area contributed by atoms with E-state index in [1.807, 2.05) is 32.0 Å². The number of aromatic nitrogens is 2. The summed E-state index contributed by atoms with van der Waals surface area (Å²) in [6.45, 7) is 4.07. The van der Waals surface area contributed by atoms with Crippen LogP contribution in [0, 0.1) is 13.8 Å². The van der Waals surface area contributed by atoms with Crippen molar-refractivity contribution in [3.8, 4) is 0 Å². The van der Waals surface area contributed by atoms with E-state index >= 15 is 0 Å². The third-order valence-corrected chi connectivity index (χ3v) is 5.66. The summed E-state index contributed by atoms with van der Waals surface area (Å²) in [4.78, 5) is -0.0131. The Labute approximate surface area is 157 Å². The minimum absolute atomic E-state index is 0.0131. The van der Waals surface area contributed by atoms with Crippen LogP contribution in [0.1, 0.15) is 11.1 Å². The number of anilines is 3. The fourth-order valence-electron chi connectivity index (χ4n) is 2.28. The van der Waals surface area contributed by atoms with E-state index in [4.69, 9.17) is 11.6 Å². The van der Waals surface area contributed by atoms with Gasteiger partial charge in [-0.2, -0.15) is 0 Å². The van der Waals surface area contributed by atoms with Gasteiger partial charge in [-0.15, -0.1) is 10.2 Å². The molecule has 2 aromatic carbocycles. The Kier molecular flexibility index (Phi) is 5.11. The number of hydrogen-bond acceptors (Lipinski definition) is 5. The molecule has 3 rings (SSSR count). The average molecular weight is 389 g/mol. The lowest BCUT2D eigenvalue weighted by atomic mass is 10.1. The van der Waals surface area contributed by atoms with Crippen molar-refractivity contribution >= 4 is 38.9 Å². The highest BCUT2D eigenvalue weighted by Gasteiger charge is 2.18. The molecule has 0 radical (unpaired) electrons. The summed E-state index contributed by atoms with van der Waals surface area (Å²) >= 11 is 5.95. The molecule has 3 aromatic rings. The Hall–Kier alpha value is -2.64. The molecular formula is C18H17ClN4O2S. The monoisotopic (exact) mass is 388 g/mol. The normalized spacial score (nSPS) is 11.2. The van der Waals surface area contributed by atoms with E-state index in [0.29, 0.717) is 5.82 Å². The van der Waals surface area contributed by atoms with Crippen molar-refractivity contribution in [2.45, 2.75) is 18.7 Å². The second kappa shape index (κ2) is 7.31. The van der Waals surface area contributed by atoms with Crippen LogP contribution < -0.4 is 10.0 Å². The smallest absolute Gasteiger partial charge is 0.264 e. The van der Waals surface area contributed by atoms with Gasteiger partial charge in [0.15, 0.2) is 11.6 Å². The van der Waals surface area contributed by atoms with Gasteiger partial charge in [-0.25, -0.2) is 8.42 Å². The largest absolute Gasteiger partial charge is 0.339 e. The van der Waals surface area contributed by atoms with E-state index in [1.165, 1.54) is 23.8 Å². The summed E-state index contributed by atoms with van der Waals surface area (Å²) in [5.74, 6) is 0.615. The Balaban J connectivity index is 1.75. The Morgan fingerprint density at radius 1 is 0.885 bits per heavy atom. The van der Waals surface area contributed by atoms with Gasteiger partial charge in [0.05, 0.1) is 5.02 Å². The molecular weight excluding hydrogens is 372 g/mol. The number of rotatable bonds is 5. The van der Waals surface area contributed by atoms with Gasteiger partial charge in [-0.3, -0.25) is 4.72 Å². The van der Waals surface area contributed by atoms with Gasteiger partial charge in [0.1, 0.15) is 4.90 Å². The molecule has 1 aromatic heterocycles. The molecule has 1 heterocycles. The minimum Gasteiger partial charge on any atom is -0.339 e. The zero-order valence-electron chi connectivity index (χ0n) is 14.2. The van der Waals surface area contributed by atoms with Crippen LogP contribution in [0.2, 0.25) is 5.02 Å². The third-order valence-electron chi connectivity index (χ3n) is 3.81. The van der Waals surface area contributed by atoms with Crippen molar-refractivity contribution in [2.75, 3.05) is 10.0 Å². The fraction of sp³-hybridized carbons (Fsp3) is 0.111. The topological polar surface area (TPSA) is 84.0 Å². The quantitative estimate of drug-likeness (QED) is 0.681. The van der Waals surface area contributed by atoms with E-state index in [0.717, 1.165) is 11.3 Å². The van der Waals surface area contributed by atoms with Gasteiger partial charge < -0.3 is 5.32 Å². The molecule has 0 bridgehead atoms. The maximum absolute atomic E-state index is 12.4. The molecule has 0 saturated carbocycles. The SMILES string of the molecule is Cc1ccc(Nc2ccc(NS(=O)(=O)c3ccccc3Cl)nn2)cc1C. The molecule has 8 heteroatoms. The van der Waals surface area contributed by atoms with Crippen LogP contribution in [0.25, 0.3) is 0 Å². The van der Waals surface area contributed by atoms with Crippen molar-refractivity contribution in [3.63, 3.8) is 0 Å². The van der Waals surface area contributed by atoms with E-state index in [2.05, 4.69) is 20.2 Å². The summed E-state index contributed by atoms with van der Waals surface area (Å²) < 4.78 is 27.1. The van der Waals surface area contributed by atoms with Crippen LogP contribution in [0.3, 0.4) is 0 Å². The van der Waals surface area contributed by atoms with Crippen molar-refractivity contribution in [1.82, 2.24) is 10.2 Å². The maximum Gasteiger partial charge on any atom is 0.264 e. The van der Waals surface area contributed by atoms with Gasteiger partial charge in [0.2, 0.25) is 0 Å². The molecule has 0 unspecified atom stereocenters. The first-order valence-electron chi connectivity index (χ1n) is 7.80. The highest BCUT2D eigenvalue weighted by Crippen LogP contribution is 2.23. The van der Waals surface area contributed by atoms with E-state index in [1.54, 1.807) is 18.2 Å². The maximum atomic E-state index is 12.4. The number of benzene rings is 2. The van der Waals surface area contributed by atoms with Crippen LogP contribution in [-0.2, 0) is 10.0 Å². The number of hydrogen-bond donors (Lipinski definition) is 2. The van der Waals surface area contributed by atoms with Crippen molar-refractivity contribution in [2.24, 2.45) is 0 Å². The van der Waals surface area contributed by atoms with Crippen LogP contribution in [0.15, 0.2) is 59.5 Å². The minimum atomic E-state index is -3.83. The lowest BCUT2D eigenvalue weighted by Gasteiger charge is -2.10. The van der Waals surface area contributed by atoms with Crippen LogP contribution >= 0.6 is 11.6 Å². The predicted molar refractivity (Wildman–Crippen MR) is 103 cm³/mol. The Bertz CT molecular complexity index is 1040. The van der Waals surface area contributed by atoms with Gasteiger partial charge in [0.25, 0.3) is 10.0 Å². The highest BCUT2D eigenvalue weighted by atomic mass is 35.5. The molecule has 0 amide bonds. The molecule has 0 saturated heterocycles. The van der Waals surface area contributed by atoms with Gasteiger partial charge in [-0.1, -0.05) is 29.8 Å². The van der Waals surface area contributed by atoms with Crippen LogP contribution in [0.5, 0.6) is 0 Å². The third kappa shape index (κ3) is 4.12. The molecule has 0 aliphatic heterocycles. The average Bonchev–Trinajstić information content (AvgIpc) is 2.60. The molecule has 0 spiro atoms. The van der Waals surface area contributed by atoms with Gasteiger partial charge in [0, 0.05) is 5.69 Å². The second-order valence-electron chi connectivity index (χ2n) is 5.76. The molecule has 0 fully saturated rings. The Morgan fingerprint density at radius 2 is 1.58 bits per heavy atom. The van der Waals surface area contributed by atoms with Crippen LogP contribution in [0.4, 0.5) is 17.3 Å². The van der Waals surface area contributed by atoms with Crippen molar-refractivity contribution < 1.29 is 8.42 Å². The van der Waals surface area contributed by atoms with Gasteiger partial charge >= 0.3 is 0 Å². The summed E-state index contributed by atoms with van der Waals surface area (Å²) in [6.07, 6.45) is 0. The summed E-state index contributed by atoms with van der Waals surface area (Å²) in [5, 5.41) is 11.2. The first-order valence-corrected chi connectivity index (χ1v) is 9.66. The Morgan fingerprint density at radius 3 is 2.23 bits per heavy atom. The number of aryl methyl sites for hydroxylation is 2. The molecule has 0 aliphatic carbocycles. The summed E-state index contributed by atoms with van der Waals surface area (Å²) in [5.41, 5.74) is 3.24. The van der Waals surface area contributed by atoms with Gasteiger partial charge in [-0.05, 0) is 61.4 Å². The summed E-state index contributed by atoms with van der Waals surface area (Å²) in [7, 11) is -3.83. The lowest BCUT2D eigenvalue weighted by molar-refractivity contribution is 0.601. The number of sulfonamides is 1. The molecule has 0 aliphatic rings. The zero-order valence-corrected chi connectivity index (χ0v) is 15.8. The first kappa shape index (κ1) is 18.2. The zero-order chi connectivity index (χ0) is 18.7. The highest BCUT2D eigenvalue weighted by molar-refractivity contribution is 7.92. The molecule has 134 valence electrons. The number of nitrogens with zero attached hydrogens (tertiary/aromatic N) is 2. The van der Waals surface area contributed by atoms with E-state index < -0.39 is 10.0 Å². The standard InChI is InChI=1S/C18H17ClN4O2S/c1-12-7-8-14(11-13(12)2)20-17-9-10-18(22-21-17)23-26(24,25)16-6-4-3-5-15(16)19/h3-11H,1-2H3,(H,20,21)(H,22,23). The van der Waals surface area contributed by atoms with E-state index in [-0.39, 0.29) is 15.7 Å². The lowest BCUT2D eigenvalue weighted by Crippen LogP contribution is -2.14. The summed E-state index contributed by atoms with van der Waals surface area (Å²) in [6, 6.07) is 15.3. The molecule has 2 N–H and O–H groups in total. The molecule has 26 heavy (non-hydrogen) atoms. The number of halogens is 1. The number of nitrogens with one attached hydrogen (secondary N) is 2. The van der Waals surface area contributed by atoms with Crippen LogP contribution in [-0.4, -0.2) is 18.6 Å². The van der Waals surface area contributed by atoms with Crippen molar-refractivity contribution in [1.29, 1.82) is 0 Å². The van der Waals surface area contributed by atoms with E-state index in [9.17, 15) is 8.42 Å². The molecule has 6 nitrogen and oxygen atoms in total. The second-order valence-corrected chi connectivity index (χ2v) is 7.82.